The van der Waals surface area contributed by atoms with Gasteiger partial charge in [-0.3, -0.25) is 0 Å². The van der Waals surface area contributed by atoms with E-state index in [4.69, 9.17) is 24.5 Å². The predicted molar refractivity (Wildman–Crippen MR) is 84.8 cm³/mol. The van der Waals surface area contributed by atoms with Gasteiger partial charge in [0.25, 0.3) is 0 Å². The van der Waals surface area contributed by atoms with Gasteiger partial charge in [0.15, 0.2) is 0 Å². The van der Waals surface area contributed by atoms with Crippen molar-refractivity contribution in [3.63, 3.8) is 0 Å². The third-order valence-corrected chi connectivity index (χ3v) is 2.71. The maximum Gasteiger partial charge on any atom is 0.414 e. The molecule has 0 saturated heterocycles. The van der Waals surface area contributed by atoms with Crippen LogP contribution < -0.4 is 10.1 Å². The highest BCUT2D eigenvalue weighted by atomic mass is 16.5. The molecule has 0 unspecified atom stereocenters. The molecule has 0 heterocycles. The summed E-state index contributed by atoms with van der Waals surface area (Å²) in [7, 11) is 1.93. The Labute approximate surface area is 135 Å². The normalized spacial score (nSPS) is 9.48. The van der Waals surface area contributed by atoms with E-state index in [0.717, 1.165) is 31.7 Å². The highest BCUT2D eigenvalue weighted by molar-refractivity contribution is 6.27. The number of hydrogen-bond donors (Lipinski definition) is 3. The Morgan fingerprint density at radius 3 is 2.09 bits per heavy atom. The summed E-state index contributed by atoms with van der Waals surface area (Å²) in [4.78, 5) is 29.1. The maximum atomic E-state index is 10.9. The van der Waals surface area contributed by atoms with Crippen LogP contribution >= 0.6 is 0 Å². The van der Waals surface area contributed by atoms with Crippen LogP contribution in [0.25, 0.3) is 0 Å². The average Bonchev–Trinajstić information content (AvgIpc) is 2.51. The number of rotatable bonds is 8. The Hall–Kier alpha value is -2.41. The number of ketones is 1. The van der Waals surface area contributed by atoms with Crippen LogP contribution in [0.1, 0.15) is 25.3 Å². The van der Waals surface area contributed by atoms with E-state index in [2.05, 4.69) is 5.32 Å². The second-order valence-electron chi connectivity index (χ2n) is 4.76. The Balaban J connectivity index is 0.000000688. The fourth-order valence-corrected chi connectivity index (χ4v) is 1.51. The number of carbonyl (C=O) groups is 3. The lowest BCUT2D eigenvalue weighted by molar-refractivity contribution is -0.159. The standard InChI is InChI=1S/C14H21NO2.C2H2O4/c1-12(16)4-5-13-6-8-14(9-7-13)17-11-3-10-15-2;3-1(4)2(5)6/h6-9,15H,3-5,10-11H2,1-2H3;(H,3,4)(H,5,6). The van der Waals surface area contributed by atoms with Crippen LogP contribution in [-0.4, -0.2) is 48.1 Å². The monoisotopic (exact) mass is 325 g/mol. The minimum Gasteiger partial charge on any atom is -0.494 e. The number of aliphatic carboxylic acids is 2. The molecule has 0 aliphatic carbocycles. The highest BCUT2D eigenvalue weighted by Crippen LogP contribution is 2.13. The first-order valence-corrected chi connectivity index (χ1v) is 7.18. The second kappa shape index (κ2) is 12.2. The van der Waals surface area contributed by atoms with E-state index >= 15 is 0 Å². The number of carbonyl (C=O) groups excluding carboxylic acids is 1. The van der Waals surface area contributed by atoms with E-state index in [1.165, 1.54) is 5.56 Å². The summed E-state index contributed by atoms with van der Waals surface area (Å²) in [6.45, 7) is 3.32. The molecular weight excluding hydrogens is 302 g/mol. The molecule has 0 bridgehead atoms. The van der Waals surface area contributed by atoms with Crippen LogP contribution in [0.2, 0.25) is 0 Å². The molecule has 0 aliphatic heterocycles. The quantitative estimate of drug-likeness (QED) is 0.488. The smallest absolute Gasteiger partial charge is 0.414 e. The SMILES string of the molecule is CNCCCOc1ccc(CCC(C)=O)cc1.O=C(O)C(=O)O. The molecule has 0 radical (unpaired) electrons. The van der Waals surface area contributed by atoms with Crippen LogP contribution in [0, 0.1) is 0 Å². The molecule has 3 N–H and O–H groups in total. The zero-order valence-electron chi connectivity index (χ0n) is 13.4. The fraction of sp³-hybridized carbons (Fsp3) is 0.438. The summed E-state index contributed by atoms with van der Waals surface area (Å²) in [5.74, 6) is -2.52. The van der Waals surface area contributed by atoms with E-state index < -0.39 is 11.9 Å². The van der Waals surface area contributed by atoms with Gasteiger partial charge in [-0.15, -0.1) is 0 Å². The van der Waals surface area contributed by atoms with Gasteiger partial charge >= 0.3 is 11.9 Å². The summed E-state index contributed by atoms with van der Waals surface area (Å²) in [6.07, 6.45) is 2.43. The van der Waals surface area contributed by atoms with E-state index in [1.807, 2.05) is 31.3 Å². The minimum atomic E-state index is -1.82. The molecule has 7 nitrogen and oxygen atoms in total. The lowest BCUT2D eigenvalue weighted by atomic mass is 10.1. The van der Waals surface area contributed by atoms with Gasteiger partial charge in [0, 0.05) is 6.42 Å². The van der Waals surface area contributed by atoms with Gasteiger partial charge in [-0.1, -0.05) is 12.1 Å². The lowest BCUT2D eigenvalue weighted by Gasteiger charge is -2.06. The van der Waals surface area contributed by atoms with Crippen molar-refractivity contribution >= 4 is 17.7 Å². The van der Waals surface area contributed by atoms with Gasteiger partial charge in [-0.2, -0.15) is 0 Å². The lowest BCUT2D eigenvalue weighted by Crippen LogP contribution is -2.11. The molecule has 1 rings (SSSR count). The number of carboxylic acid groups (broad SMARTS) is 2. The number of carboxylic acids is 2. The summed E-state index contributed by atoms with van der Waals surface area (Å²) in [6, 6.07) is 7.98. The van der Waals surface area contributed by atoms with Crippen molar-refractivity contribution in [2.75, 3.05) is 20.2 Å². The fourth-order valence-electron chi connectivity index (χ4n) is 1.51. The zero-order valence-corrected chi connectivity index (χ0v) is 13.4. The molecule has 1 aromatic rings. The maximum absolute atomic E-state index is 10.9. The summed E-state index contributed by atoms with van der Waals surface area (Å²) in [5.41, 5.74) is 1.18. The van der Waals surface area contributed by atoms with Crippen molar-refractivity contribution in [1.82, 2.24) is 5.32 Å². The number of ether oxygens (including phenoxy) is 1. The molecule has 0 aliphatic rings. The molecule has 0 saturated carbocycles. The molecule has 7 heteroatoms. The zero-order chi connectivity index (χ0) is 17.7. The first-order valence-electron chi connectivity index (χ1n) is 7.18. The van der Waals surface area contributed by atoms with Crippen molar-refractivity contribution in [1.29, 1.82) is 0 Å². The number of benzene rings is 1. The second-order valence-corrected chi connectivity index (χ2v) is 4.76. The molecule has 23 heavy (non-hydrogen) atoms. The Morgan fingerprint density at radius 2 is 1.65 bits per heavy atom. The summed E-state index contributed by atoms with van der Waals surface area (Å²) < 4.78 is 5.58. The van der Waals surface area contributed by atoms with E-state index in [1.54, 1.807) is 6.92 Å². The molecule has 0 spiro atoms. The van der Waals surface area contributed by atoms with Gasteiger partial charge < -0.3 is 25.1 Å². The molecule has 0 fully saturated rings. The van der Waals surface area contributed by atoms with Crippen LogP contribution in [0.15, 0.2) is 24.3 Å². The predicted octanol–water partition coefficient (Wildman–Crippen LogP) is 1.35. The van der Waals surface area contributed by atoms with Crippen molar-refractivity contribution in [2.24, 2.45) is 0 Å². The van der Waals surface area contributed by atoms with Gasteiger partial charge in [0.05, 0.1) is 6.61 Å². The van der Waals surface area contributed by atoms with Gasteiger partial charge in [0.2, 0.25) is 0 Å². The topological polar surface area (TPSA) is 113 Å². The molecule has 0 amide bonds. The van der Waals surface area contributed by atoms with Gasteiger partial charge in [-0.25, -0.2) is 9.59 Å². The molecule has 1 aromatic carbocycles. The first-order chi connectivity index (χ1) is 10.9. The molecule has 0 aromatic heterocycles. The van der Waals surface area contributed by atoms with Crippen LogP contribution in [0.3, 0.4) is 0 Å². The van der Waals surface area contributed by atoms with Crippen LogP contribution in [0.4, 0.5) is 0 Å². The number of nitrogens with one attached hydrogen (secondary N) is 1. The highest BCUT2D eigenvalue weighted by Gasteiger charge is 2.04. The largest absolute Gasteiger partial charge is 0.494 e. The first kappa shape index (κ1) is 20.6. The molecule has 128 valence electrons. The van der Waals surface area contributed by atoms with E-state index in [9.17, 15) is 4.79 Å². The Kier molecular flexibility index (Phi) is 10.9. The Bertz CT molecular complexity index is 486. The minimum absolute atomic E-state index is 0.234. The number of hydrogen-bond acceptors (Lipinski definition) is 5. The average molecular weight is 325 g/mol. The third kappa shape index (κ3) is 11.9. The van der Waals surface area contributed by atoms with Crippen molar-refractivity contribution < 1.29 is 29.3 Å². The third-order valence-electron chi connectivity index (χ3n) is 2.71. The van der Waals surface area contributed by atoms with Crippen molar-refractivity contribution in [3.8, 4) is 5.75 Å². The van der Waals surface area contributed by atoms with Crippen LogP contribution in [-0.2, 0) is 20.8 Å². The van der Waals surface area contributed by atoms with Crippen molar-refractivity contribution in [2.45, 2.75) is 26.2 Å². The van der Waals surface area contributed by atoms with Crippen LogP contribution in [0.5, 0.6) is 5.75 Å². The summed E-state index contributed by atoms with van der Waals surface area (Å²) in [5, 5.41) is 17.9. The van der Waals surface area contributed by atoms with E-state index in [0.29, 0.717) is 6.42 Å². The number of aryl methyl sites for hydroxylation is 1. The summed E-state index contributed by atoms with van der Waals surface area (Å²) >= 11 is 0. The number of Topliss-reactive ketones (excluding diaryl/α,β-unsaturated/α-hetero) is 1. The Morgan fingerprint density at radius 1 is 1.09 bits per heavy atom. The molecular formula is C16H23NO6. The van der Waals surface area contributed by atoms with Crippen molar-refractivity contribution in [3.05, 3.63) is 29.8 Å². The molecule has 0 atom stereocenters. The van der Waals surface area contributed by atoms with Gasteiger partial charge in [-0.05, 0) is 51.1 Å². The van der Waals surface area contributed by atoms with Gasteiger partial charge in [0.1, 0.15) is 11.5 Å². The van der Waals surface area contributed by atoms with E-state index in [-0.39, 0.29) is 5.78 Å².